The van der Waals surface area contributed by atoms with Gasteiger partial charge in [0.1, 0.15) is 5.76 Å². The molecule has 3 aromatic rings. The van der Waals surface area contributed by atoms with Crippen LogP contribution in [-0.4, -0.2) is 24.0 Å². The Labute approximate surface area is 155 Å². The number of furan rings is 1. The summed E-state index contributed by atoms with van der Waals surface area (Å²) in [5.41, 5.74) is 1.60. The molecule has 0 saturated carbocycles. The van der Waals surface area contributed by atoms with Crippen LogP contribution in [0.5, 0.6) is 5.88 Å². The Hall–Kier alpha value is -3.81. The maximum atomic E-state index is 12.2. The number of benzene rings is 1. The molecule has 138 valence electrons. The number of aromatic nitrogens is 1. The molecular weight excluding hydrogens is 348 g/mol. The van der Waals surface area contributed by atoms with E-state index < -0.39 is 0 Å². The second-order valence-corrected chi connectivity index (χ2v) is 5.51. The maximum absolute atomic E-state index is 12.2. The lowest BCUT2D eigenvalue weighted by molar-refractivity contribution is 0.102. The Balaban J connectivity index is 1.51. The number of urea groups is 1. The quantitative estimate of drug-likeness (QED) is 0.621. The number of methoxy groups -OCH3 is 1. The number of hydrogen-bond donors (Lipinski definition) is 3. The van der Waals surface area contributed by atoms with E-state index in [1.165, 1.54) is 13.3 Å². The molecule has 0 saturated heterocycles. The van der Waals surface area contributed by atoms with Crippen LogP contribution in [0.15, 0.2) is 65.4 Å². The van der Waals surface area contributed by atoms with E-state index in [2.05, 4.69) is 20.9 Å². The Morgan fingerprint density at radius 1 is 1.04 bits per heavy atom. The Morgan fingerprint density at radius 3 is 2.37 bits per heavy atom. The molecule has 0 aliphatic heterocycles. The molecule has 1 aromatic carbocycles. The topological polar surface area (TPSA) is 105 Å². The van der Waals surface area contributed by atoms with E-state index in [-0.39, 0.29) is 11.9 Å². The number of carbonyl (C=O) groups excluding carboxylic acids is 2. The number of pyridine rings is 1. The summed E-state index contributed by atoms with van der Waals surface area (Å²) in [7, 11) is 1.51. The largest absolute Gasteiger partial charge is 0.481 e. The molecule has 0 fully saturated rings. The molecule has 0 spiro atoms. The van der Waals surface area contributed by atoms with E-state index in [0.717, 1.165) is 0 Å². The van der Waals surface area contributed by atoms with Gasteiger partial charge in [0.05, 0.1) is 25.5 Å². The van der Waals surface area contributed by atoms with Crippen molar-refractivity contribution in [3.05, 3.63) is 72.3 Å². The number of carbonyl (C=O) groups is 2. The number of nitrogens with one attached hydrogen (secondary N) is 3. The molecule has 3 N–H and O–H groups in total. The zero-order valence-electron chi connectivity index (χ0n) is 14.6. The lowest BCUT2D eigenvalue weighted by atomic mass is 10.2. The molecule has 0 unspecified atom stereocenters. The summed E-state index contributed by atoms with van der Waals surface area (Å²) in [5, 5.41) is 8.14. The van der Waals surface area contributed by atoms with Gasteiger partial charge in [-0.1, -0.05) is 0 Å². The molecule has 0 bridgehead atoms. The molecule has 3 rings (SSSR count). The average Bonchev–Trinajstić information content (AvgIpc) is 3.21. The number of ether oxygens (including phenoxy) is 1. The first-order valence-electron chi connectivity index (χ1n) is 8.13. The van der Waals surface area contributed by atoms with Gasteiger partial charge in [0, 0.05) is 23.6 Å². The summed E-state index contributed by atoms with van der Waals surface area (Å²) >= 11 is 0. The molecule has 0 aliphatic carbocycles. The van der Waals surface area contributed by atoms with E-state index in [1.54, 1.807) is 54.8 Å². The zero-order chi connectivity index (χ0) is 19.1. The maximum Gasteiger partial charge on any atom is 0.319 e. The molecule has 8 heteroatoms. The van der Waals surface area contributed by atoms with E-state index in [1.807, 2.05) is 0 Å². The van der Waals surface area contributed by atoms with Gasteiger partial charge in [-0.2, -0.15) is 0 Å². The Kier molecular flexibility index (Phi) is 5.68. The summed E-state index contributed by atoms with van der Waals surface area (Å²) in [6.07, 6.45) is 2.98. The summed E-state index contributed by atoms with van der Waals surface area (Å²) in [6.45, 7) is 0.295. The van der Waals surface area contributed by atoms with Gasteiger partial charge in [-0.15, -0.1) is 0 Å². The van der Waals surface area contributed by atoms with Crippen molar-refractivity contribution in [1.29, 1.82) is 0 Å². The van der Waals surface area contributed by atoms with Gasteiger partial charge < -0.3 is 25.1 Å². The first-order valence-corrected chi connectivity index (χ1v) is 8.13. The molecule has 27 heavy (non-hydrogen) atoms. The minimum absolute atomic E-state index is 0.290. The third kappa shape index (κ3) is 5.08. The highest BCUT2D eigenvalue weighted by atomic mass is 16.5. The SMILES string of the molecule is COc1ccc(C(=O)Nc2ccc(NC(=O)NCc3ccco3)cc2)cn1. The fourth-order valence-corrected chi connectivity index (χ4v) is 2.23. The van der Waals surface area contributed by atoms with Crippen LogP contribution >= 0.6 is 0 Å². The van der Waals surface area contributed by atoms with Crippen LogP contribution in [0.4, 0.5) is 16.2 Å². The standard InChI is InChI=1S/C19H18N4O4/c1-26-17-9-4-13(11-20-17)18(24)22-14-5-7-15(8-6-14)23-19(25)21-12-16-3-2-10-27-16/h2-11H,12H2,1H3,(H,22,24)(H2,21,23,25). The van der Waals surface area contributed by atoms with E-state index in [9.17, 15) is 9.59 Å². The predicted octanol–water partition coefficient (Wildman–Crippen LogP) is 3.26. The fourth-order valence-electron chi connectivity index (χ4n) is 2.23. The van der Waals surface area contributed by atoms with Gasteiger partial charge in [0.2, 0.25) is 5.88 Å². The first kappa shape index (κ1) is 18.0. The van der Waals surface area contributed by atoms with Crippen molar-refractivity contribution >= 4 is 23.3 Å². The highest BCUT2D eigenvalue weighted by molar-refractivity contribution is 6.04. The fraction of sp³-hybridized carbons (Fsp3) is 0.105. The minimum atomic E-state index is -0.354. The van der Waals surface area contributed by atoms with Crippen molar-refractivity contribution in [3.8, 4) is 5.88 Å². The molecular formula is C19H18N4O4. The lowest BCUT2D eigenvalue weighted by Crippen LogP contribution is -2.27. The Morgan fingerprint density at radius 2 is 1.78 bits per heavy atom. The summed E-state index contributed by atoms with van der Waals surface area (Å²) in [6, 6.07) is 13.2. The van der Waals surface area contributed by atoms with Crippen LogP contribution < -0.4 is 20.7 Å². The van der Waals surface area contributed by atoms with Gasteiger partial charge in [-0.05, 0) is 42.5 Å². The Bertz CT molecular complexity index is 890. The number of hydrogen-bond acceptors (Lipinski definition) is 5. The lowest BCUT2D eigenvalue weighted by Gasteiger charge is -2.09. The van der Waals surface area contributed by atoms with Gasteiger partial charge in [-0.25, -0.2) is 9.78 Å². The van der Waals surface area contributed by atoms with Crippen molar-refractivity contribution in [3.63, 3.8) is 0 Å². The van der Waals surface area contributed by atoms with Crippen LogP contribution in [0, 0.1) is 0 Å². The molecule has 0 aliphatic rings. The van der Waals surface area contributed by atoms with Crippen molar-refractivity contribution in [2.24, 2.45) is 0 Å². The van der Waals surface area contributed by atoms with Crippen molar-refractivity contribution in [2.75, 3.05) is 17.7 Å². The summed E-state index contributed by atoms with van der Waals surface area (Å²) in [5.74, 6) is 0.811. The highest BCUT2D eigenvalue weighted by Gasteiger charge is 2.08. The van der Waals surface area contributed by atoms with E-state index in [4.69, 9.17) is 9.15 Å². The molecule has 0 radical (unpaired) electrons. The van der Waals surface area contributed by atoms with Crippen molar-refractivity contribution in [1.82, 2.24) is 10.3 Å². The number of rotatable bonds is 6. The zero-order valence-corrected chi connectivity index (χ0v) is 14.6. The van der Waals surface area contributed by atoms with E-state index >= 15 is 0 Å². The van der Waals surface area contributed by atoms with Crippen LogP contribution in [0.25, 0.3) is 0 Å². The molecule has 2 aromatic heterocycles. The van der Waals surface area contributed by atoms with Gasteiger partial charge in [-0.3, -0.25) is 4.79 Å². The second kappa shape index (κ2) is 8.52. The van der Waals surface area contributed by atoms with Crippen molar-refractivity contribution < 1.29 is 18.7 Å². The summed E-state index contributed by atoms with van der Waals surface area (Å²) in [4.78, 5) is 28.0. The molecule has 0 atom stereocenters. The molecule has 8 nitrogen and oxygen atoms in total. The van der Waals surface area contributed by atoms with Crippen LogP contribution in [0.2, 0.25) is 0 Å². The third-order valence-corrected chi connectivity index (χ3v) is 3.61. The number of anilines is 2. The first-order chi connectivity index (χ1) is 13.1. The van der Waals surface area contributed by atoms with E-state index in [0.29, 0.717) is 35.1 Å². The van der Waals surface area contributed by atoms with Crippen LogP contribution in [0.1, 0.15) is 16.1 Å². The predicted molar refractivity (Wildman–Crippen MR) is 99.8 cm³/mol. The monoisotopic (exact) mass is 366 g/mol. The summed E-state index contributed by atoms with van der Waals surface area (Å²) < 4.78 is 10.1. The average molecular weight is 366 g/mol. The minimum Gasteiger partial charge on any atom is -0.481 e. The molecule has 3 amide bonds. The van der Waals surface area contributed by atoms with Crippen LogP contribution in [-0.2, 0) is 6.54 Å². The normalized spacial score (nSPS) is 10.1. The number of nitrogens with zero attached hydrogens (tertiary/aromatic N) is 1. The van der Waals surface area contributed by atoms with Gasteiger partial charge in [0.15, 0.2) is 0 Å². The van der Waals surface area contributed by atoms with Gasteiger partial charge in [0.25, 0.3) is 5.91 Å². The van der Waals surface area contributed by atoms with Gasteiger partial charge >= 0.3 is 6.03 Å². The molecule has 2 heterocycles. The van der Waals surface area contributed by atoms with Crippen molar-refractivity contribution in [2.45, 2.75) is 6.54 Å². The second-order valence-electron chi connectivity index (χ2n) is 5.51. The van der Waals surface area contributed by atoms with Crippen LogP contribution in [0.3, 0.4) is 0 Å². The smallest absolute Gasteiger partial charge is 0.319 e. The highest BCUT2D eigenvalue weighted by Crippen LogP contribution is 2.15. The number of amides is 3. The third-order valence-electron chi connectivity index (χ3n) is 3.61.